The number of fused-ring (bicyclic) bond motifs is 2. The van der Waals surface area contributed by atoms with Crippen LogP contribution in [0.3, 0.4) is 0 Å². The molecule has 158 valence electrons. The molecule has 1 saturated heterocycles. The van der Waals surface area contributed by atoms with Crippen molar-refractivity contribution in [3.63, 3.8) is 0 Å². The van der Waals surface area contributed by atoms with E-state index in [2.05, 4.69) is 65.8 Å². The van der Waals surface area contributed by atoms with Gasteiger partial charge in [-0.3, -0.25) is 9.69 Å². The average Bonchev–Trinajstić information content (AvgIpc) is 3.08. The van der Waals surface area contributed by atoms with Crippen molar-refractivity contribution >= 4 is 27.5 Å². The van der Waals surface area contributed by atoms with Crippen molar-refractivity contribution in [2.45, 2.75) is 20.4 Å². The van der Waals surface area contributed by atoms with Gasteiger partial charge in [0.1, 0.15) is 0 Å². The van der Waals surface area contributed by atoms with Crippen molar-refractivity contribution in [3.05, 3.63) is 83.0 Å². The molecule has 0 aliphatic carbocycles. The second-order valence-electron chi connectivity index (χ2n) is 8.44. The summed E-state index contributed by atoms with van der Waals surface area (Å²) in [5, 5.41) is 3.17. The van der Waals surface area contributed by atoms with Crippen LogP contribution in [0.15, 0.2) is 60.7 Å². The van der Waals surface area contributed by atoms with Crippen LogP contribution in [0.4, 0.5) is 0 Å². The first-order valence-electron chi connectivity index (χ1n) is 11.1. The normalized spacial score (nSPS) is 15.0. The van der Waals surface area contributed by atoms with Crippen molar-refractivity contribution in [3.8, 4) is 0 Å². The van der Waals surface area contributed by atoms with Gasteiger partial charge >= 0.3 is 0 Å². The van der Waals surface area contributed by atoms with E-state index in [1.807, 2.05) is 18.2 Å². The molecule has 0 amide bonds. The van der Waals surface area contributed by atoms with Crippen molar-refractivity contribution < 1.29 is 9.53 Å². The molecule has 0 radical (unpaired) electrons. The maximum Gasteiger partial charge on any atom is 0.196 e. The Balaban J connectivity index is 1.57. The van der Waals surface area contributed by atoms with Crippen LogP contribution in [0.25, 0.3) is 21.7 Å². The van der Waals surface area contributed by atoms with Crippen LogP contribution in [-0.2, 0) is 11.3 Å². The third kappa shape index (κ3) is 3.67. The number of hydrogen-bond acceptors (Lipinski definition) is 3. The lowest BCUT2D eigenvalue weighted by atomic mass is 9.95. The maximum absolute atomic E-state index is 13.9. The third-order valence-corrected chi connectivity index (χ3v) is 6.48. The zero-order valence-corrected chi connectivity index (χ0v) is 18.2. The summed E-state index contributed by atoms with van der Waals surface area (Å²) in [4.78, 5) is 16.3. The fourth-order valence-corrected chi connectivity index (χ4v) is 4.81. The second kappa shape index (κ2) is 8.29. The lowest BCUT2D eigenvalue weighted by Gasteiger charge is -2.27. The minimum Gasteiger partial charge on any atom is -0.379 e. The van der Waals surface area contributed by atoms with Gasteiger partial charge < -0.3 is 9.30 Å². The van der Waals surface area contributed by atoms with E-state index in [9.17, 15) is 4.79 Å². The molecule has 2 heterocycles. The summed E-state index contributed by atoms with van der Waals surface area (Å²) in [5.74, 6) is 0.105. The van der Waals surface area contributed by atoms with Crippen LogP contribution in [0.2, 0.25) is 0 Å². The van der Waals surface area contributed by atoms with E-state index in [-0.39, 0.29) is 5.78 Å². The minimum atomic E-state index is 0.105. The van der Waals surface area contributed by atoms with Crippen LogP contribution in [0.1, 0.15) is 27.2 Å². The Morgan fingerprint density at radius 1 is 0.903 bits per heavy atom. The number of rotatable bonds is 5. The molecule has 0 atom stereocenters. The lowest BCUT2D eigenvalue weighted by Crippen LogP contribution is -2.38. The fourth-order valence-electron chi connectivity index (χ4n) is 4.81. The number of carbonyl (C=O) groups is 1. The molecular formula is C27H28N2O2. The Morgan fingerprint density at radius 3 is 2.55 bits per heavy atom. The molecular weight excluding hydrogens is 384 g/mol. The standard InChI is InChI=1S/C27H28N2O2/c1-19-10-11-22-21(18-19)6-5-8-23(22)27(30)26-20(2)29(25-9-4-3-7-24(25)26)13-12-28-14-16-31-17-15-28/h3-11,18H,12-17H2,1-2H3. The molecule has 1 fully saturated rings. The molecule has 0 N–H and O–H groups in total. The van der Waals surface area contributed by atoms with Gasteiger partial charge in [0, 0.05) is 48.3 Å². The number of para-hydroxylation sites is 1. The summed E-state index contributed by atoms with van der Waals surface area (Å²) in [6.07, 6.45) is 0. The van der Waals surface area contributed by atoms with E-state index < -0.39 is 0 Å². The van der Waals surface area contributed by atoms with Gasteiger partial charge in [0.2, 0.25) is 0 Å². The first-order chi connectivity index (χ1) is 15.1. The summed E-state index contributed by atoms with van der Waals surface area (Å²) in [6, 6.07) is 20.6. The molecule has 0 spiro atoms. The van der Waals surface area contributed by atoms with Crippen molar-refractivity contribution in [2.24, 2.45) is 0 Å². The Morgan fingerprint density at radius 2 is 1.71 bits per heavy atom. The highest BCUT2D eigenvalue weighted by Crippen LogP contribution is 2.30. The largest absolute Gasteiger partial charge is 0.379 e. The van der Waals surface area contributed by atoms with E-state index in [0.29, 0.717) is 0 Å². The molecule has 0 bridgehead atoms. The summed E-state index contributed by atoms with van der Waals surface area (Å²) in [6.45, 7) is 9.55. The Hall–Kier alpha value is -2.95. The molecule has 4 aromatic rings. The molecule has 4 nitrogen and oxygen atoms in total. The first kappa shape index (κ1) is 20.0. The SMILES string of the molecule is Cc1ccc2c(C(=O)c3c(C)n(CCN4CCOCC4)c4ccccc34)cccc2c1. The van der Waals surface area contributed by atoms with Gasteiger partial charge in [-0.2, -0.15) is 0 Å². The van der Waals surface area contributed by atoms with E-state index in [1.165, 1.54) is 5.56 Å². The number of aromatic nitrogens is 1. The number of aryl methyl sites for hydroxylation is 1. The van der Waals surface area contributed by atoms with Gasteiger partial charge in [0.25, 0.3) is 0 Å². The van der Waals surface area contributed by atoms with Gasteiger partial charge in [0.05, 0.1) is 18.8 Å². The molecule has 0 saturated carbocycles. The van der Waals surface area contributed by atoms with E-state index >= 15 is 0 Å². The number of hydrogen-bond donors (Lipinski definition) is 0. The molecule has 5 rings (SSSR count). The minimum absolute atomic E-state index is 0.105. The Bertz CT molecular complexity index is 1270. The van der Waals surface area contributed by atoms with Crippen molar-refractivity contribution in [1.29, 1.82) is 0 Å². The number of morpholine rings is 1. The zero-order chi connectivity index (χ0) is 21.4. The van der Waals surface area contributed by atoms with Crippen LogP contribution in [0, 0.1) is 13.8 Å². The van der Waals surface area contributed by atoms with Crippen molar-refractivity contribution in [1.82, 2.24) is 9.47 Å². The van der Waals surface area contributed by atoms with Crippen LogP contribution in [0.5, 0.6) is 0 Å². The first-order valence-corrected chi connectivity index (χ1v) is 11.1. The topological polar surface area (TPSA) is 34.5 Å². The molecule has 1 aliphatic rings. The lowest BCUT2D eigenvalue weighted by molar-refractivity contribution is 0.0365. The molecule has 1 aliphatic heterocycles. The number of nitrogens with zero attached hydrogens (tertiary/aromatic N) is 2. The summed E-state index contributed by atoms with van der Waals surface area (Å²) >= 11 is 0. The summed E-state index contributed by atoms with van der Waals surface area (Å²) in [5.41, 5.74) is 4.98. The smallest absolute Gasteiger partial charge is 0.196 e. The van der Waals surface area contributed by atoms with E-state index in [4.69, 9.17) is 4.74 Å². The highest BCUT2D eigenvalue weighted by molar-refractivity contribution is 6.22. The fraction of sp³-hybridized carbons (Fsp3) is 0.296. The third-order valence-electron chi connectivity index (χ3n) is 6.48. The van der Waals surface area contributed by atoms with E-state index in [0.717, 1.165) is 77.9 Å². The number of ether oxygens (including phenoxy) is 1. The number of ketones is 1. The van der Waals surface area contributed by atoms with Crippen LogP contribution < -0.4 is 0 Å². The maximum atomic E-state index is 13.9. The zero-order valence-electron chi connectivity index (χ0n) is 18.2. The molecule has 31 heavy (non-hydrogen) atoms. The van der Waals surface area contributed by atoms with Gasteiger partial charge in [0.15, 0.2) is 5.78 Å². The van der Waals surface area contributed by atoms with Crippen LogP contribution >= 0.6 is 0 Å². The van der Waals surface area contributed by atoms with Crippen LogP contribution in [-0.4, -0.2) is 48.1 Å². The van der Waals surface area contributed by atoms with Gasteiger partial charge in [-0.05, 0) is 30.7 Å². The number of benzene rings is 3. The Kier molecular flexibility index (Phi) is 5.34. The molecule has 1 aromatic heterocycles. The molecule has 4 heteroatoms. The average molecular weight is 413 g/mol. The van der Waals surface area contributed by atoms with Gasteiger partial charge in [-0.15, -0.1) is 0 Å². The van der Waals surface area contributed by atoms with Crippen molar-refractivity contribution in [2.75, 3.05) is 32.8 Å². The molecule has 0 unspecified atom stereocenters. The Labute approximate surface area is 183 Å². The second-order valence-corrected chi connectivity index (χ2v) is 8.44. The summed E-state index contributed by atoms with van der Waals surface area (Å²) < 4.78 is 7.79. The predicted octanol–water partition coefficient (Wildman–Crippen LogP) is 4.97. The highest BCUT2D eigenvalue weighted by atomic mass is 16.5. The monoisotopic (exact) mass is 412 g/mol. The highest BCUT2D eigenvalue weighted by Gasteiger charge is 2.22. The summed E-state index contributed by atoms with van der Waals surface area (Å²) in [7, 11) is 0. The quantitative estimate of drug-likeness (QED) is 0.434. The molecule has 3 aromatic carbocycles. The van der Waals surface area contributed by atoms with Gasteiger partial charge in [-0.1, -0.05) is 60.2 Å². The van der Waals surface area contributed by atoms with Gasteiger partial charge in [-0.25, -0.2) is 0 Å². The predicted molar refractivity (Wildman–Crippen MR) is 126 cm³/mol. The number of carbonyl (C=O) groups excluding carboxylic acids is 1. The van der Waals surface area contributed by atoms with E-state index in [1.54, 1.807) is 0 Å².